The summed E-state index contributed by atoms with van der Waals surface area (Å²) in [6, 6.07) is 1.49. The summed E-state index contributed by atoms with van der Waals surface area (Å²) in [5, 5.41) is 10.8. The molecule has 0 bridgehead atoms. The normalized spacial score (nSPS) is 18.1. The quantitative estimate of drug-likeness (QED) is 0.821. The lowest BCUT2D eigenvalue weighted by molar-refractivity contribution is 0.200. The first kappa shape index (κ1) is 13.5. The summed E-state index contributed by atoms with van der Waals surface area (Å²) >= 11 is 0. The second kappa shape index (κ2) is 5.40. The molecule has 0 aromatic carbocycles. The maximum Gasteiger partial charge on any atom is 0.254 e. The molecule has 2 heterocycles. The largest absolute Gasteiger partial charge is 0.390 e. The topological polar surface area (TPSA) is 74.6 Å². The maximum absolute atomic E-state index is 12.1. The van der Waals surface area contributed by atoms with Crippen LogP contribution in [-0.4, -0.2) is 36.2 Å². The molecule has 102 valence electrons. The van der Waals surface area contributed by atoms with Crippen LogP contribution >= 0.6 is 0 Å². The van der Waals surface area contributed by atoms with Crippen molar-refractivity contribution >= 4 is 10.0 Å². The third-order valence-corrected chi connectivity index (χ3v) is 4.50. The predicted molar refractivity (Wildman–Crippen MR) is 67.1 cm³/mol. The second-order valence-electron chi connectivity index (χ2n) is 4.58. The lowest BCUT2D eigenvalue weighted by Gasteiger charge is -2.26. The number of aliphatic hydroxyl groups excluding tert-OH is 1. The van der Waals surface area contributed by atoms with Crippen LogP contribution in [0.5, 0.6) is 0 Å². The Balaban J connectivity index is 2.13. The fourth-order valence-corrected chi connectivity index (χ4v) is 3.31. The van der Waals surface area contributed by atoms with Crippen LogP contribution in [0.2, 0.25) is 0 Å². The third kappa shape index (κ3) is 2.92. The van der Waals surface area contributed by atoms with Gasteiger partial charge < -0.3 is 9.67 Å². The molecule has 1 aromatic rings. The smallest absolute Gasteiger partial charge is 0.254 e. The highest BCUT2D eigenvalue weighted by atomic mass is 32.2. The fraction of sp³-hybridized carbons (Fsp3) is 0.636. The van der Waals surface area contributed by atoms with Gasteiger partial charge in [0.15, 0.2) is 0 Å². The zero-order valence-electron chi connectivity index (χ0n) is 10.5. The fourth-order valence-electron chi connectivity index (χ4n) is 2.09. The van der Waals surface area contributed by atoms with Crippen molar-refractivity contribution in [1.29, 1.82) is 0 Å². The first-order valence-electron chi connectivity index (χ1n) is 6.06. The molecule has 0 unspecified atom stereocenters. The highest BCUT2D eigenvalue weighted by Crippen LogP contribution is 2.15. The van der Waals surface area contributed by atoms with E-state index in [0.717, 1.165) is 32.4 Å². The molecule has 0 radical (unpaired) electrons. The average molecular weight is 273 g/mol. The van der Waals surface area contributed by atoms with Gasteiger partial charge in [-0.2, -0.15) is 0 Å². The van der Waals surface area contributed by atoms with Crippen LogP contribution in [0.4, 0.5) is 0 Å². The maximum atomic E-state index is 12.1. The van der Waals surface area contributed by atoms with Crippen LogP contribution in [0, 0.1) is 0 Å². The number of hydrogen-bond acceptors (Lipinski definition) is 4. The van der Waals surface area contributed by atoms with Crippen LogP contribution in [0.25, 0.3) is 0 Å². The molecule has 0 aliphatic carbocycles. The highest BCUT2D eigenvalue weighted by Gasteiger charge is 2.21. The van der Waals surface area contributed by atoms with E-state index in [1.165, 1.54) is 12.3 Å². The molecule has 1 fully saturated rings. The van der Waals surface area contributed by atoms with E-state index in [4.69, 9.17) is 5.11 Å². The van der Waals surface area contributed by atoms with Gasteiger partial charge >= 0.3 is 0 Å². The standard InChI is InChI=1S/C11H19N3O3S/c1-13-8-11(7-10(13)9-15)18(16,17)12-14-5-3-2-4-6-14/h7-8,12,15H,2-6,9H2,1H3. The number of aromatic nitrogens is 1. The first-order valence-corrected chi connectivity index (χ1v) is 7.55. The lowest BCUT2D eigenvalue weighted by Crippen LogP contribution is -2.44. The molecule has 0 atom stereocenters. The molecule has 6 nitrogen and oxygen atoms in total. The van der Waals surface area contributed by atoms with Crippen LogP contribution < -0.4 is 4.83 Å². The van der Waals surface area contributed by atoms with E-state index < -0.39 is 10.0 Å². The second-order valence-corrected chi connectivity index (χ2v) is 6.24. The van der Waals surface area contributed by atoms with Crippen molar-refractivity contribution in [2.75, 3.05) is 13.1 Å². The summed E-state index contributed by atoms with van der Waals surface area (Å²) in [7, 11) is -1.81. The Morgan fingerprint density at radius 2 is 2.00 bits per heavy atom. The molecule has 2 rings (SSSR count). The molecule has 0 spiro atoms. The average Bonchev–Trinajstić information content (AvgIpc) is 2.72. The summed E-state index contributed by atoms with van der Waals surface area (Å²) in [5.41, 5.74) is 0.578. The van der Waals surface area contributed by atoms with Crippen LogP contribution in [0.15, 0.2) is 17.2 Å². The highest BCUT2D eigenvalue weighted by molar-refractivity contribution is 7.89. The summed E-state index contributed by atoms with van der Waals surface area (Å²) < 4.78 is 25.9. The van der Waals surface area contributed by atoms with Crippen molar-refractivity contribution in [2.45, 2.75) is 30.8 Å². The summed E-state index contributed by atoms with van der Waals surface area (Å²) in [4.78, 5) is 2.78. The zero-order chi connectivity index (χ0) is 13.2. The molecule has 7 heteroatoms. The van der Waals surface area contributed by atoms with E-state index in [-0.39, 0.29) is 11.5 Å². The van der Waals surface area contributed by atoms with Gasteiger partial charge in [0.2, 0.25) is 0 Å². The molecular weight excluding hydrogens is 254 g/mol. The van der Waals surface area contributed by atoms with Gasteiger partial charge in [-0.05, 0) is 18.9 Å². The monoisotopic (exact) mass is 273 g/mol. The number of hydrazine groups is 1. The Morgan fingerprint density at radius 1 is 1.33 bits per heavy atom. The van der Waals surface area contributed by atoms with Crippen LogP contribution in [-0.2, 0) is 23.7 Å². The molecule has 1 saturated heterocycles. The van der Waals surface area contributed by atoms with Gasteiger partial charge in [-0.25, -0.2) is 13.4 Å². The number of sulfonamides is 1. The van der Waals surface area contributed by atoms with E-state index in [1.807, 2.05) is 0 Å². The van der Waals surface area contributed by atoms with E-state index >= 15 is 0 Å². The lowest BCUT2D eigenvalue weighted by atomic mass is 10.2. The Labute approximate surface area is 107 Å². The van der Waals surface area contributed by atoms with Crippen molar-refractivity contribution in [3.8, 4) is 0 Å². The van der Waals surface area contributed by atoms with Gasteiger partial charge in [0.25, 0.3) is 10.0 Å². The Hall–Kier alpha value is -0.890. The number of nitrogens with one attached hydrogen (secondary N) is 1. The van der Waals surface area contributed by atoms with E-state index in [0.29, 0.717) is 5.69 Å². The van der Waals surface area contributed by atoms with Crippen molar-refractivity contribution in [2.24, 2.45) is 7.05 Å². The minimum Gasteiger partial charge on any atom is -0.390 e. The third-order valence-electron chi connectivity index (χ3n) is 3.16. The molecule has 1 aliphatic heterocycles. The Kier molecular flexibility index (Phi) is 4.06. The molecule has 1 aliphatic rings. The predicted octanol–water partition coefficient (Wildman–Crippen LogP) is 0.197. The number of hydrogen-bond donors (Lipinski definition) is 2. The van der Waals surface area contributed by atoms with Crippen molar-refractivity contribution in [3.63, 3.8) is 0 Å². The number of piperidine rings is 1. The molecule has 18 heavy (non-hydrogen) atoms. The Morgan fingerprint density at radius 3 is 2.56 bits per heavy atom. The first-order chi connectivity index (χ1) is 8.53. The van der Waals surface area contributed by atoms with E-state index in [2.05, 4.69) is 4.83 Å². The number of nitrogens with zero attached hydrogens (tertiary/aromatic N) is 2. The minimum absolute atomic E-state index is 0.171. The van der Waals surface area contributed by atoms with Crippen molar-refractivity contribution in [1.82, 2.24) is 14.4 Å². The summed E-state index contributed by atoms with van der Waals surface area (Å²) in [6.07, 6.45) is 4.69. The van der Waals surface area contributed by atoms with Gasteiger partial charge in [0.1, 0.15) is 4.90 Å². The summed E-state index contributed by atoms with van der Waals surface area (Å²) in [6.45, 7) is 1.33. The SMILES string of the molecule is Cn1cc(S(=O)(=O)NN2CCCCC2)cc1CO. The molecule has 0 amide bonds. The van der Waals surface area contributed by atoms with Crippen LogP contribution in [0.3, 0.4) is 0 Å². The zero-order valence-corrected chi connectivity index (χ0v) is 11.3. The van der Waals surface area contributed by atoms with Gasteiger partial charge in [-0.15, -0.1) is 4.83 Å². The molecule has 1 aromatic heterocycles. The van der Waals surface area contributed by atoms with Crippen molar-refractivity contribution in [3.05, 3.63) is 18.0 Å². The molecular formula is C11H19N3O3S. The van der Waals surface area contributed by atoms with Gasteiger partial charge in [-0.1, -0.05) is 6.42 Å². The molecule has 0 saturated carbocycles. The number of rotatable bonds is 4. The number of aryl methyl sites for hydroxylation is 1. The van der Waals surface area contributed by atoms with Gasteiger partial charge in [0, 0.05) is 32.0 Å². The van der Waals surface area contributed by atoms with E-state index in [9.17, 15) is 8.42 Å². The minimum atomic E-state index is -3.53. The number of aliphatic hydroxyl groups is 1. The molecule has 2 N–H and O–H groups in total. The summed E-state index contributed by atoms with van der Waals surface area (Å²) in [5.74, 6) is 0. The van der Waals surface area contributed by atoms with Crippen molar-refractivity contribution < 1.29 is 13.5 Å². The van der Waals surface area contributed by atoms with E-state index in [1.54, 1.807) is 16.6 Å². The Bertz CT molecular complexity index is 504. The van der Waals surface area contributed by atoms with Gasteiger partial charge in [0.05, 0.1) is 6.61 Å². The van der Waals surface area contributed by atoms with Gasteiger partial charge in [-0.3, -0.25) is 0 Å². The van der Waals surface area contributed by atoms with Crippen LogP contribution in [0.1, 0.15) is 25.0 Å².